The van der Waals surface area contributed by atoms with Gasteiger partial charge in [-0.3, -0.25) is 0 Å². The Labute approximate surface area is 76.4 Å². The van der Waals surface area contributed by atoms with Gasteiger partial charge >= 0.3 is 0 Å². The Morgan fingerprint density at radius 3 is 3.08 bits per heavy atom. The highest BCUT2D eigenvalue weighted by molar-refractivity contribution is 5.85. The van der Waals surface area contributed by atoms with Gasteiger partial charge in [-0.15, -0.1) is 12.4 Å². The van der Waals surface area contributed by atoms with E-state index in [2.05, 4.69) is 11.4 Å². The summed E-state index contributed by atoms with van der Waals surface area (Å²) in [4.78, 5) is 0. The fourth-order valence-electron chi connectivity index (χ4n) is 1.06. The highest BCUT2D eigenvalue weighted by Gasteiger charge is 2.09. The third-order valence-electron chi connectivity index (χ3n) is 1.60. The highest BCUT2D eigenvalue weighted by atomic mass is 35.5. The van der Waals surface area contributed by atoms with Gasteiger partial charge in [0.25, 0.3) is 0 Å². The molecule has 0 atom stereocenters. The molecule has 0 fully saturated rings. The van der Waals surface area contributed by atoms with Crippen molar-refractivity contribution in [1.82, 2.24) is 0 Å². The number of nitrogens with zero attached hydrogens (tertiary/aromatic N) is 1. The maximum absolute atomic E-state index is 8.55. The second-order valence-electron chi connectivity index (χ2n) is 2.29. The summed E-state index contributed by atoms with van der Waals surface area (Å²) in [6, 6.07) is 7.38. The summed E-state index contributed by atoms with van der Waals surface area (Å²) in [5.74, 6) is 0.823. The van der Waals surface area contributed by atoms with Crippen LogP contribution >= 0.6 is 12.4 Å². The van der Waals surface area contributed by atoms with Crippen molar-refractivity contribution in [2.24, 2.45) is 0 Å². The lowest BCUT2D eigenvalue weighted by Crippen LogP contribution is -1.96. The van der Waals surface area contributed by atoms with E-state index >= 15 is 0 Å². The van der Waals surface area contributed by atoms with E-state index in [4.69, 9.17) is 10.00 Å². The number of fused-ring (bicyclic) bond motifs is 1. The van der Waals surface area contributed by atoms with Crippen molar-refractivity contribution in [2.45, 2.75) is 0 Å². The average molecular weight is 183 g/mol. The predicted molar refractivity (Wildman–Crippen MR) is 47.5 cm³/mol. The minimum atomic E-state index is 0. The van der Waals surface area contributed by atoms with Gasteiger partial charge in [0.2, 0.25) is 0 Å². The number of rotatable bonds is 0. The Balaban J connectivity index is 0.000000720. The molecule has 0 amide bonds. The van der Waals surface area contributed by atoms with E-state index in [1.807, 2.05) is 0 Å². The van der Waals surface area contributed by atoms with E-state index in [9.17, 15) is 0 Å². The minimum absolute atomic E-state index is 0. The molecule has 1 aromatic carbocycles. The highest BCUT2D eigenvalue weighted by Crippen LogP contribution is 2.29. The molecule has 4 heteroatoms. The normalized spacial score (nSPS) is 11.6. The molecule has 1 aromatic rings. The maximum Gasteiger partial charge on any atom is 0.159 e. The molecule has 0 bridgehead atoms. The largest absolute Gasteiger partial charge is 0.471 e. The van der Waals surface area contributed by atoms with Crippen molar-refractivity contribution in [3.8, 4) is 11.8 Å². The van der Waals surface area contributed by atoms with Gasteiger partial charge in [0.15, 0.2) is 6.73 Å². The van der Waals surface area contributed by atoms with Gasteiger partial charge in [-0.1, -0.05) is 0 Å². The summed E-state index contributed by atoms with van der Waals surface area (Å²) in [5, 5.41) is 11.6. The quantitative estimate of drug-likeness (QED) is 0.665. The van der Waals surface area contributed by atoms with E-state index in [-0.39, 0.29) is 12.4 Å². The first-order chi connectivity index (χ1) is 5.40. The summed E-state index contributed by atoms with van der Waals surface area (Å²) in [7, 11) is 0. The number of nitrogens with one attached hydrogen (secondary N) is 1. The third-order valence-corrected chi connectivity index (χ3v) is 1.60. The van der Waals surface area contributed by atoms with Crippen LogP contribution in [0.3, 0.4) is 0 Å². The van der Waals surface area contributed by atoms with Crippen LogP contribution in [-0.2, 0) is 0 Å². The molecule has 0 unspecified atom stereocenters. The molecule has 12 heavy (non-hydrogen) atoms. The number of anilines is 1. The molecule has 0 aromatic heterocycles. The van der Waals surface area contributed by atoms with Crippen LogP contribution in [0.25, 0.3) is 0 Å². The zero-order chi connectivity index (χ0) is 7.68. The van der Waals surface area contributed by atoms with Crippen LogP contribution in [0.4, 0.5) is 5.69 Å². The van der Waals surface area contributed by atoms with Gasteiger partial charge in [0, 0.05) is 0 Å². The number of benzene rings is 1. The van der Waals surface area contributed by atoms with Crippen LogP contribution in [0.2, 0.25) is 0 Å². The molecule has 3 nitrogen and oxygen atoms in total. The lowest BCUT2D eigenvalue weighted by molar-refractivity contribution is 0.372. The molecule has 1 heterocycles. The van der Waals surface area contributed by atoms with E-state index in [0.717, 1.165) is 11.4 Å². The summed E-state index contributed by atoms with van der Waals surface area (Å²) in [6.07, 6.45) is 0. The summed E-state index contributed by atoms with van der Waals surface area (Å²) in [5.41, 5.74) is 1.56. The van der Waals surface area contributed by atoms with Crippen LogP contribution in [0.5, 0.6) is 5.75 Å². The first-order valence-electron chi connectivity index (χ1n) is 3.31. The first-order valence-corrected chi connectivity index (χ1v) is 3.31. The van der Waals surface area contributed by atoms with Crippen LogP contribution in [0.1, 0.15) is 5.56 Å². The third kappa shape index (κ3) is 1.29. The van der Waals surface area contributed by atoms with E-state index in [1.54, 1.807) is 18.2 Å². The molecule has 0 saturated carbocycles. The zero-order valence-corrected chi connectivity index (χ0v) is 7.02. The number of hydrogen-bond acceptors (Lipinski definition) is 3. The molecule has 62 valence electrons. The molecule has 1 aliphatic heterocycles. The topological polar surface area (TPSA) is 45.0 Å². The number of halogens is 1. The average Bonchev–Trinajstić information content (AvgIpc) is 2.50. The number of ether oxygens (including phenoxy) is 1. The monoisotopic (exact) mass is 182 g/mol. The van der Waals surface area contributed by atoms with Crippen LogP contribution in [0.15, 0.2) is 18.2 Å². The fraction of sp³-hybridized carbons (Fsp3) is 0.125. The molecule has 1 aliphatic rings. The van der Waals surface area contributed by atoms with Crippen LogP contribution in [0, 0.1) is 11.3 Å². The standard InChI is InChI=1S/C8H6N2O.ClH/c9-4-6-1-2-8-7(3-6)10-5-11-8;/h1-3,10H,5H2;1H. The molecule has 0 radical (unpaired) electrons. The summed E-state index contributed by atoms with van der Waals surface area (Å²) < 4.78 is 5.18. The van der Waals surface area contributed by atoms with Crippen molar-refractivity contribution < 1.29 is 4.74 Å². The van der Waals surface area contributed by atoms with Crippen molar-refractivity contribution in [1.29, 1.82) is 5.26 Å². The van der Waals surface area contributed by atoms with Crippen molar-refractivity contribution in [2.75, 3.05) is 12.0 Å². The maximum atomic E-state index is 8.55. The molecule has 1 N–H and O–H groups in total. The summed E-state index contributed by atoms with van der Waals surface area (Å²) >= 11 is 0. The van der Waals surface area contributed by atoms with E-state index in [1.165, 1.54) is 0 Å². The Morgan fingerprint density at radius 2 is 2.33 bits per heavy atom. The Bertz CT molecular complexity index is 332. The first kappa shape index (κ1) is 8.69. The Hall–Kier alpha value is -1.40. The minimum Gasteiger partial charge on any atom is -0.471 e. The van der Waals surface area contributed by atoms with Crippen LogP contribution in [-0.4, -0.2) is 6.73 Å². The predicted octanol–water partition coefficient (Wildman–Crippen LogP) is 1.74. The van der Waals surface area contributed by atoms with E-state index in [0.29, 0.717) is 12.3 Å². The van der Waals surface area contributed by atoms with E-state index < -0.39 is 0 Å². The van der Waals surface area contributed by atoms with Crippen molar-refractivity contribution in [3.63, 3.8) is 0 Å². The second kappa shape index (κ2) is 3.33. The van der Waals surface area contributed by atoms with Crippen molar-refractivity contribution >= 4 is 18.1 Å². The van der Waals surface area contributed by atoms with Crippen LogP contribution < -0.4 is 10.1 Å². The molecule has 0 saturated heterocycles. The Morgan fingerprint density at radius 1 is 1.50 bits per heavy atom. The van der Waals surface area contributed by atoms with Gasteiger partial charge in [-0.25, -0.2) is 0 Å². The number of nitriles is 1. The molecule has 0 spiro atoms. The molecule has 0 aliphatic carbocycles. The van der Waals surface area contributed by atoms with Gasteiger partial charge in [-0.2, -0.15) is 5.26 Å². The Kier molecular flexibility index (Phi) is 2.41. The number of hydrogen-bond donors (Lipinski definition) is 1. The van der Waals surface area contributed by atoms with Crippen molar-refractivity contribution in [3.05, 3.63) is 23.8 Å². The van der Waals surface area contributed by atoms with Gasteiger partial charge < -0.3 is 10.1 Å². The summed E-state index contributed by atoms with van der Waals surface area (Å²) in [6.45, 7) is 0.504. The molecule has 2 rings (SSSR count). The van der Waals surface area contributed by atoms with Gasteiger partial charge in [-0.05, 0) is 18.2 Å². The zero-order valence-electron chi connectivity index (χ0n) is 6.20. The smallest absolute Gasteiger partial charge is 0.159 e. The molecular formula is C8H7ClN2O. The second-order valence-corrected chi connectivity index (χ2v) is 2.29. The van der Waals surface area contributed by atoms with Gasteiger partial charge in [0.1, 0.15) is 5.75 Å². The lowest BCUT2D eigenvalue weighted by atomic mass is 10.2. The molecular weight excluding hydrogens is 176 g/mol. The SMILES string of the molecule is Cl.N#Cc1ccc2c(c1)NCO2. The van der Waals surface area contributed by atoms with Gasteiger partial charge in [0.05, 0.1) is 17.3 Å². The fourth-order valence-corrected chi connectivity index (χ4v) is 1.06. The lowest BCUT2D eigenvalue weighted by Gasteiger charge is -1.94.